The lowest BCUT2D eigenvalue weighted by Gasteiger charge is -2.40. The van der Waals surface area contributed by atoms with Crippen LogP contribution in [0.15, 0.2) is 91.3 Å². The summed E-state index contributed by atoms with van der Waals surface area (Å²) in [5.74, 6) is -0.275. The van der Waals surface area contributed by atoms with Gasteiger partial charge in [0.05, 0.1) is 44.0 Å². The fourth-order valence-corrected chi connectivity index (χ4v) is 6.93. The van der Waals surface area contributed by atoms with Crippen LogP contribution in [0.3, 0.4) is 0 Å². The highest BCUT2D eigenvalue weighted by Crippen LogP contribution is 2.35. The van der Waals surface area contributed by atoms with Crippen LogP contribution in [0.5, 0.6) is 11.8 Å². The fourth-order valence-electron chi connectivity index (χ4n) is 6.93. The lowest BCUT2D eigenvalue weighted by atomic mass is 9.92. The van der Waals surface area contributed by atoms with Crippen LogP contribution in [0.4, 0.5) is 11.4 Å². The molecule has 1 N–H and O–H groups in total. The van der Waals surface area contributed by atoms with E-state index in [4.69, 9.17) is 9.47 Å². The Morgan fingerprint density at radius 3 is 2.32 bits per heavy atom. The molecular formula is C39H40N6O5. The number of carbonyl (C=O) groups is 2. The summed E-state index contributed by atoms with van der Waals surface area (Å²) in [5, 5.41) is 9.97. The molecule has 0 unspecified atom stereocenters. The highest BCUT2D eigenvalue weighted by atomic mass is 16.5. The van der Waals surface area contributed by atoms with Crippen molar-refractivity contribution in [2.45, 2.75) is 25.9 Å². The Morgan fingerprint density at radius 2 is 1.60 bits per heavy atom. The second kappa shape index (κ2) is 14.1. The van der Waals surface area contributed by atoms with E-state index in [-0.39, 0.29) is 29.6 Å². The van der Waals surface area contributed by atoms with Crippen molar-refractivity contribution in [2.75, 3.05) is 44.9 Å². The molecule has 1 saturated heterocycles. The number of phenols is 1. The molecule has 0 aliphatic carbocycles. The Kier molecular flexibility index (Phi) is 9.34. The first-order valence-electron chi connectivity index (χ1n) is 16.8. The SMILES string of the molecule is COc1ncc(N(C(=O)c2cc(-c3ccccc3C(=O)N3Cc4ccccc4C[C@H]3CN3CCOCC3)n(C)c2C)c2ccc(O)cc2)cn1. The zero-order valence-electron chi connectivity index (χ0n) is 28.5. The molecule has 2 amide bonds. The number of methoxy groups -OCH3 is 1. The minimum absolute atomic E-state index is 0.00132. The number of nitrogens with zero attached hydrogens (tertiary/aromatic N) is 6. The standard InChI is InChI=1S/C39H40N6O5/c1-26-35(38(48)45(29-12-14-32(46)15-13-29)31-22-40-39(49-3)41-23-31)21-36(42(26)2)33-10-6-7-11-34(33)37(47)44-24-28-9-5-4-8-27(28)20-30(44)25-43-16-18-50-19-17-43/h4-15,21-23,30,46H,16-20,24-25H2,1-3H3/t30-/m0/s1. The molecule has 1 atom stereocenters. The molecule has 11 nitrogen and oxygen atoms in total. The van der Waals surface area contributed by atoms with Gasteiger partial charge in [-0.25, -0.2) is 9.97 Å². The Balaban J connectivity index is 1.25. The maximum atomic E-state index is 14.7. The Bertz CT molecular complexity index is 2000. The van der Waals surface area contributed by atoms with E-state index in [0.29, 0.717) is 42.3 Å². The summed E-state index contributed by atoms with van der Waals surface area (Å²) in [6, 6.07) is 24.4. The molecule has 2 aliphatic rings. The molecule has 0 saturated carbocycles. The van der Waals surface area contributed by atoms with E-state index in [1.807, 2.05) is 59.8 Å². The highest BCUT2D eigenvalue weighted by molar-refractivity contribution is 6.12. The number of aromatic hydroxyl groups is 1. The van der Waals surface area contributed by atoms with Gasteiger partial charge in [-0.2, -0.15) is 0 Å². The van der Waals surface area contributed by atoms with E-state index in [1.165, 1.54) is 42.1 Å². The van der Waals surface area contributed by atoms with E-state index in [9.17, 15) is 14.7 Å². The van der Waals surface area contributed by atoms with Crippen molar-refractivity contribution in [3.8, 4) is 23.0 Å². The normalized spacial score (nSPS) is 16.1. The summed E-state index contributed by atoms with van der Waals surface area (Å²) in [6.45, 7) is 6.28. The summed E-state index contributed by atoms with van der Waals surface area (Å²) in [4.78, 5) is 43.6. The number of phenolic OH excluding ortho intramolecular Hbond substituents is 1. The summed E-state index contributed by atoms with van der Waals surface area (Å²) in [5.41, 5.74) is 6.65. The van der Waals surface area contributed by atoms with Gasteiger partial charge in [-0.05, 0) is 60.9 Å². The van der Waals surface area contributed by atoms with Gasteiger partial charge in [-0.3, -0.25) is 19.4 Å². The van der Waals surface area contributed by atoms with Gasteiger partial charge in [0.25, 0.3) is 11.8 Å². The molecular weight excluding hydrogens is 632 g/mol. The summed E-state index contributed by atoms with van der Waals surface area (Å²) in [7, 11) is 3.38. The predicted octanol–water partition coefficient (Wildman–Crippen LogP) is 5.38. The zero-order chi connectivity index (χ0) is 34.8. The molecule has 0 radical (unpaired) electrons. The first-order valence-corrected chi connectivity index (χ1v) is 16.8. The van der Waals surface area contributed by atoms with Gasteiger partial charge < -0.3 is 24.0 Å². The summed E-state index contributed by atoms with van der Waals surface area (Å²) in [6.07, 6.45) is 3.83. The molecule has 0 bridgehead atoms. The van der Waals surface area contributed by atoms with E-state index >= 15 is 0 Å². The number of fused-ring (bicyclic) bond motifs is 1. The van der Waals surface area contributed by atoms with Crippen molar-refractivity contribution < 1.29 is 24.2 Å². The quantitative estimate of drug-likeness (QED) is 0.234. The van der Waals surface area contributed by atoms with Gasteiger partial charge in [0.2, 0.25) is 0 Å². The minimum atomic E-state index is -0.314. The van der Waals surface area contributed by atoms with Crippen molar-refractivity contribution in [3.05, 3.63) is 119 Å². The third kappa shape index (κ3) is 6.45. The number of rotatable bonds is 8. The average molecular weight is 673 g/mol. The van der Waals surface area contributed by atoms with Crippen LogP contribution < -0.4 is 9.64 Å². The van der Waals surface area contributed by atoms with Crippen LogP contribution in [0.2, 0.25) is 0 Å². The molecule has 2 aromatic heterocycles. The fraction of sp³-hybridized carbons (Fsp3) is 0.282. The van der Waals surface area contributed by atoms with Crippen molar-refractivity contribution in [3.63, 3.8) is 0 Å². The number of benzene rings is 3. The van der Waals surface area contributed by atoms with Gasteiger partial charge in [0.1, 0.15) is 5.75 Å². The maximum Gasteiger partial charge on any atom is 0.316 e. The van der Waals surface area contributed by atoms with Crippen LogP contribution in [0, 0.1) is 6.92 Å². The molecule has 2 aliphatic heterocycles. The van der Waals surface area contributed by atoms with Crippen LogP contribution in [0.1, 0.15) is 37.5 Å². The number of aromatic nitrogens is 3. The van der Waals surface area contributed by atoms with Crippen molar-refractivity contribution in [2.24, 2.45) is 7.05 Å². The molecule has 5 aromatic rings. The highest BCUT2D eigenvalue weighted by Gasteiger charge is 2.34. The number of hydrogen-bond acceptors (Lipinski definition) is 8. The van der Waals surface area contributed by atoms with Gasteiger partial charge in [0, 0.05) is 67.5 Å². The van der Waals surface area contributed by atoms with Gasteiger partial charge in [-0.15, -0.1) is 0 Å². The van der Waals surface area contributed by atoms with Crippen LogP contribution in [-0.2, 0) is 24.8 Å². The Morgan fingerprint density at radius 1 is 0.920 bits per heavy atom. The lowest BCUT2D eigenvalue weighted by Crippen LogP contribution is -2.52. The number of amides is 2. The lowest BCUT2D eigenvalue weighted by molar-refractivity contribution is 0.0193. The first-order chi connectivity index (χ1) is 24.3. The van der Waals surface area contributed by atoms with Crippen LogP contribution in [-0.4, -0.2) is 87.3 Å². The molecule has 11 heteroatoms. The predicted molar refractivity (Wildman–Crippen MR) is 190 cm³/mol. The van der Waals surface area contributed by atoms with E-state index < -0.39 is 0 Å². The topological polar surface area (TPSA) is 113 Å². The van der Waals surface area contributed by atoms with Crippen LogP contribution in [0.25, 0.3) is 11.3 Å². The van der Waals surface area contributed by atoms with Crippen LogP contribution >= 0.6 is 0 Å². The first kappa shape index (κ1) is 33.0. The number of hydrogen-bond donors (Lipinski definition) is 1. The smallest absolute Gasteiger partial charge is 0.316 e. The average Bonchev–Trinajstić information content (AvgIpc) is 3.45. The van der Waals surface area contributed by atoms with Crippen molar-refractivity contribution in [1.29, 1.82) is 0 Å². The Labute approximate surface area is 291 Å². The number of ether oxygens (including phenoxy) is 2. The van der Waals surface area contributed by atoms with E-state index in [1.54, 1.807) is 12.1 Å². The summed E-state index contributed by atoms with van der Waals surface area (Å²) >= 11 is 0. The minimum Gasteiger partial charge on any atom is -0.508 e. The van der Waals surface area contributed by atoms with Gasteiger partial charge in [-0.1, -0.05) is 42.5 Å². The molecule has 256 valence electrons. The molecule has 3 aromatic carbocycles. The third-order valence-corrected chi connectivity index (χ3v) is 9.75. The second-order valence-electron chi connectivity index (χ2n) is 12.7. The van der Waals surface area contributed by atoms with Crippen molar-refractivity contribution >= 4 is 23.2 Å². The van der Waals surface area contributed by atoms with Gasteiger partial charge in [0.15, 0.2) is 0 Å². The third-order valence-electron chi connectivity index (χ3n) is 9.75. The molecule has 1 fully saturated rings. The summed E-state index contributed by atoms with van der Waals surface area (Å²) < 4.78 is 12.7. The van der Waals surface area contributed by atoms with E-state index in [0.717, 1.165) is 48.6 Å². The van der Waals surface area contributed by atoms with Gasteiger partial charge >= 0.3 is 6.01 Å². The van der Waals surface area contributed by atoms with E-state index in [2.05, 4.69) is 33.1 Å². The second-order valence-corrected chi connectivity index (χ2v) is 12.7. The molecule has 4 heterocycles. The monoisotopic (exact) mass is 672 g/mol. The zero-order valence-corrected chi connectivity index (χ0v) is 28.5. The van der Waals surface area contributed by atoms with Crippen molar-refractivity contribution in [1.82, 2.24) is 24.3 Å². The molecule has 7 rings (SSSR count). The Hall–Kier alpha value is -5.52. The number of carbonyl (C=O) groups excluding carboxylic acids is 2. The molecule has 0 spiro atoms. The number of anilines is 2. The largest absolute Gasteiger partial charge is 0.508 e. The maximum absolute atomic E-state index is 14.7. The number of morpholine rings is 1. The molecule has 50 heavy (non-hydrogen) atoms.